The quantitative estimate of drug-likeness (QED) is 0.310. The number of nitrogens with one attached hydrogen (secondary N) is 1. The van der Waals surface area contributed by atoms with Crippen molar-refractivity contribution in [2.24, 2.45) is 0 Å². The molecule has 0 aromatic heterocycles. The molecule has 1 aliphatic rings. The van der Waals surface area contributed by atoms with Crippen LogP contribution in [0.2, 0.25) is 5.02 Å². The van der Waals surface area contributed by atoms with Crippen molar-refractivity contribution >= 4 is 52.2 Å². The predicted molar refractivity (Wildman–Crippen MR) is 151 cm³/mol. The first-order valence-electron chi connectivity index (χ1n) is 11.9. The molecule has 3 amide bonds. The van der Waals surface area contributed by atoms with E-state index in [-0.39, 0.29) is 41.8 Å². The summed E-state index contributed by atoms with van der Waals surface area (Å²) in [6.07, 6.45) is 1.61. The minimum absolute atomic E-state index is 0.146. The number of hydrogen-bond acceptors (Lipinski definition) is 6. The van der Waals surface area contributed by atoms with Crippen LogP contribution in [0, 0.1) is 20.8 Å². The molecule has 38 heavy (non-hydrogen) atoms. The Morgan fingerprint density at radius 2 is 1.79 bits per heavy atom. The monoisotopic (exact) mass is 550 g/mol. The van der Waals surface area contributed by atoms with Crippen LogP contribution in [0.5, 0.6) is 11.5 Å². The maximum atomic E-state index is 12.8. The molecule has 0 atom stereocenters. The number of benzene rings is 3. The van der Waals surface area contributed by atoms with Crippen molar-refractivity contribution in [2.75, 3.05) is 25.1 Å². The highest BCUT2D eigenvalue weighted by Crippen LogP contribution is 2.33. The molecule has 196 valence electrons. The van der Waals surface area contributed by atoms with Gasteiger partial charge in [0.05, 0.1) is 16.5 Å². The van der Waals surface area contributed by atoms with Crippen LogP contribution in [-0.2, 0) is 9.59 Å². The molecule has 4 rings (SSSR count). The zero-order valence-electron chi connectivity index (χ0n) is 21.2. The highest BCUT2D eigenvalue weighted by molar-refractivity contribution is 8.18. The second-order valence-electron chi connectivity index (χ2n) is 8.84. The summed E-state index contributed by atoms with van der Waals surface area (Å²) < 4.78 is 11.3. The molecule has 1 heterocycles. The van der Waals surface area contributed by atoms with Crippen LogP contribution >= 0.6 is 23.4 Å². The van der Waals surface area contributed by atoms with Crippen LogP contribution in [0.15, 0.2) is 65.6 Å². The van der Waals surface area contributed by atoms with Gasteiger partial charge in [-0.3, -0.25) is 19.3 Å². The van der Waals surface area contributed by atoms with Crippen molar-refractivity contribution < 1.29 is 23.9 Å². The van der Waals surface area contributed by atoms with Gasteiger partial charge in [-0.15, -0.1) is 0 Å². The Balaban J connectivity index is 1.33. The first-order valence-corrected chi connectivity index (χ1v) is 13.1. The number of carbonyl (C=O) groups excluding carboxylic acids is 3. The maximum absolute atomic E-state index is 12.8. The van der Waals surface area contributed by atoms with Gasteiger partial charge in [-0.1, -0.05) is 41.9 Å². The maximum Gasteiger partial charge on any atom is 0.293 e. The summed E-state index contributed by atoms with van der Waals surface area (Å²) in [5, 5.41) is 2.77. The molecule has 3 aromatic rings. The molecule has 0 saturated carbocycles. The SMILES string of the molecule is Cc1cccc(OCCN2C(=O)S/C(=C\c3ccc(OCC(=O)Nc4cc(C)ccc4C)c(Cl)c3)C2=O)c1. The highest BCUT2D eigenvalue weighted by Gasteiger charge is 2.34. The number of anilines is 1. The number of rotatable bonds is 9. The van der Waals surface area contributed by atoms with E-state index in [0.717, 1.165) is 34.1 Å². The average molecular weight is 551 g/mol. The Kier molecular flexibility index (Phi) is 8.76. The Bertz CT molecular complexity index is 1420. The highest BCUT2D eigenvalue weighted by atomic mass is 35.5. The Morgan fingerprint density at radius 1 is 1.00 bits per heavy atom. The summed E-state index contributed by atoms with van der Waals surface area (Å²) in [6, 6.07) is 18.3. The first kappa shape index (κ1) is 27.3. The van der Waals surface area contributed by atoms with E-state index < -0.39 is 0 Å². The van der Waals surface area contributed by atoms with Crippen LogP contribution in [0.25, 0.3) is 6.08 Å². The van der Waals surface area contributed by atoms with E-state index in [1.807, 2.05) is 63.2 Å². The number of ether oxygens (including phenoxy) is 2. The summed E-state index contributed by atoms with van der Waals surface area (Å²) in [4.78, 5) is 39.0. The average Bonchev–Trinajstić information content (AvgIpc) is 3.13. The van der Waals surface area contributed by atoms with E-state index in [4.69, 9.17) is 21.1 Å². The topological polar surface area (TPSA) is 84.9 Å². The summed E-state index contributed by atoms with van der Waals surface area (Å²) >= 11 is 7.23. The Morgan fingerprint density at radius 3 is 2.55 bits per heavy atom. The fourth-order valence-corrected chi connectivity index (χ4v) is 4.84. The van der Waals surface area contributed by atoms with Crippen LogP contribution in [0.3, 0.4) is 0 Å². The lowest BCUT2D eigenvalue weighted by atomic mass is 10.1. The molecule has 1 N–H and O–H groups in total. The van der Waals surface area contributed by atoms with Gasteiger partial charge < -0.3 is 14.8 Å². The van der Waals surface area contributed by atoms with Gasteiger partial charge in [-0.05, 0) is 91.2 Å². The van der Waals surface area contributed by atoms with Crippen molar-refractivity contribution in [3.63, 3.8) is 0 Å². The van der Waals surface area contributed by atoms with E-state index in [2.05, 4.69) is 5.32 Å². The van der Waals surface area contributed by atoms with Crippen molar-refractivity contribution in [1.82, 2.24) is 4.90 Å². The third-order valence-corrected chi connectivity index (χ3v) is 6.93. The van der Waals surface area contributed by atoms with E-state index in [0.29, 0.717) is 22.0 Å². The van der Waals surface area contributed by atoms with Gasteiger partial charge in [0.25, 0.3) is 17.1 Å². The standard InChI is InChI=1S/C29H27ClN2O5S/c1-18-5-4-6-22(13-18)36-12-11-32-28(34)26(38-29(32)35)16-21-9-10-25(23(30)15-21)37-17-27(33)31-24-14-19(2)7-8-20(24)3/h4-10,13-16H,11-12,17H2,1-3H3,(H,31,33)/b26-16-. The second kappa shape index (κ2) is 12.2. The first-order chi connectivity index (χ1) is 18.2. The molecule has 7 nitrogen and oxygen atoms in total. The zero-order valence-corrected chi connectivity index (χ0v) is 22.8. The van der Waals surface area contributed by atoms with Gasteiger partial charge in [0, 0.05) is 5.69 Å². The summed E-state index contributed by atoms with van der Waals surface area (Å²) in [7, 11) is 0. The smallest absolute Gasteiger partial charge is 0.293 e. The molecule has 0 unspecified atom stereocenters. The normalized spacial score (nSPS) is 14.2. The van der Waals surface area contributed by atoms with Gasteiger partial charge in [-0.25, -0.2) is 0 Å². The summed E-state index contributed by atoms with van der Waals surface area (Å²) in [5.74, 6) is 0.333. The zero-order chi connectivity index (χ0) is 27.2. The predicted octanol–water partition coefficient (Wildman–Crippen LogP) is 6.40. The lowest BCUT2D eigenvalue weighted by Crippen LogP contribution is -2.32. The number of hydrogen-bond donors (Lipinski definition) is 1. The van der Waals surface area contributed by atoms with E-state index in [1.165, 1.54) is 4.90 Å². The lowest BCUT2D eigenvalue weighted by molar-refractivity contribution is -0.123. The van der Waals surface area contributed by atoms with Crippen molar-refractivity contribution in [3.8, 4) is 11.5 Å². The van der Waals surface area contributed by atoms with Gasteiger partial charge in [0.1, 0.15) is 18.1 Å². The third kappa shape index (κ3) is 6.96. The number of imide groups is 1. The number of halogens is 1. The molecule has 1 saturated heterocycles. The van der Waals surface area contributed by atoms with Gasteiger partial charge in [0.15, 0.2) is 6.61 Å². The van der Waals surface area contributed by atoms with Gasteiger partial charge >= 0.3 is 0 Å². The molecule has 3 aromatic carbocycles. The van der Waals surface area contributed by atoms with Crippen molar-refractivity contribution in [2.45, 2.75) is 20.8 Å². The summed E-state index contributed by atoms with van der Waals surface area (Å²) in [6.45, 7) is 5.96. The van der Waals surface area contributed by atoms with Gasteiger partial charge in [0.2, 0.25) is 0 Å². The molecule has 0 bridgehead atoms. The number of nitrogens with zero attached hydrogens (tertiary/aromatic N) is 1. The number of thioether (sulfide) groups is 1. The number of amides is 3. The Hall–Kier alpha value is -3.75. The molecule has 0 radical (unpaired) electrons. The molecule has 9 heteroatoms. The molecule has 1 aliphatic heterocycles. The van der Waals surface area contributed by atoms with Crippen molar-refractivity contribution in [3.05, 3.63) is 92.8 Å². The van der Waals surface area contributed by atoms with E-state index >= 15 is 0 Å². The number of carbonyl (C=O) groups is 3. The molecule has 0 spiro atoms. The third-order valence-electron chi connectivity index (χ3n) is 5.73. The summed E-state index contributed by atoms with van der Waals surface area (Å²) in [5.41, 5.74) is 4.42. The van der Waals surface area contributed by atoms with Crippen LogP contribution in [0.1, 0.15) is 22.3 Å². The molecular formula is C29H27ClN2O5S. The van der Waals surface area contributed by atoms with Crippen LogP contribution < -0.4 is 14.8 Å². The van der Waals surface area contributed by atoms with Crippen LogP contribution in [-0.4, -0.2) is 41.7 Å². The van der Waals surface area contributed by atoms with Gasteiger partial charge in [-0.2, -0.15) is 0 Å². The lowest BCUT2D eigenvalue weighted by Gasteiger charge is -2.13. The minimum atomic E-state index is -0.382. The second-order valence-corrected chi connectivity index (χ2v) is 10.2. The largest absolute Gasteiger partial charge is 0.492 e. The Labute approximate surface area is 230 Å². The molecule has 0 aliphatic carbocycles. The minimum Gasteiger partial charge on any atom is -0.492 e. The molecule has 1 fully saturated rings. The number of aryl methyl sites for hydroxylation is 3. The fraction of sp³-hybridized carbons (Fsp3) is 0.207. The van der Waals surface area contributed by atoms with Crippen molar-refractivity contribution in [1.29, 1.82) is 0 Å². The van der Waals surface area contributed by atoms with E-state index in [1.54, 1.807) is 24.3 Å². The van der Waals surface area contributed by atoms with E-state index in [9.17, 15) is 14.4 Å². The molecular weight excluding hydrogens is 524 g/mol. The van der Waals surface area contributed by atoms with Crippen LogP contribution in [0.4, 0.5) is 10.5 Å². The fourth-order valence-electron chi connectivity index (χ4n) is 3.73.